The van der Waals surface area contributed by atoms with Crippen molar-refractivity contribution in [2.75, 3.05) is 25.1 Å². The van der Waals surface area contributed by atoms with Gasteiger partial charge in [-0.05, 0) is 67.3 Å². The first-order chi connectivity index (χ1) is 19.9. The molecular formula is C31H28F2N6O2. The molecule has 0 unspecified atom stereocenters. The van der Waals surface area contributed by atoms with Crippen LogP contribution in [-0.4, -0.2) is 50.8 Å². The number of alkyl halides is 2. The lowest BCUT2D eigenvalue weighted by Crippen LogP contribution is -2.27. The summed E-state index contributed by atoms with van der Waals surface area (Å²) in [6.07, 6.45) is 13.3. The third-order valence-electron chi connectivity index (χ3n) is 7.11. The van der Waals surface area contributed by atoms with Gasteiger partial charge in [0.1, 0.15) is 5.52 Å². The van der Waals surface area contributed by atoms with Gasteiger partial charge in [-0.3, -0.25) is 4.98 Å². The van der Waals surface area contributed by atoms with Crippen molar-refractivity contribution in [1.29, 1.82) is 0 Å². The van der Waals surface area contributed by atoms with Crippen LogP contribution in [0.1, 0.15) is 41.4 Å². The zero-order valence-electron chi connectivity index (χ0n) is 22.7. The van der Waals surface area contributed by atoms with Gasteiger partial charge < -0.3 is 14.5 Å². The first-order valence-corrected chi connectivity index (χ1v) is 13.4. The average molecular weight is 555 g/mol. The first-order valence-electron chi connectivity index (χ1n) is 13.4. The molecule has 10 heteroatoms. The first kappa shape index (κ1) is 26.4. The van der Waals surface area contributed by atoms with Crippen molar-refractivity contribution in [3.63, 3.8) is 0 Å². The number of carbonyl (C=O) groups excluding carboxylic acids is 1. The van der Waals surface area contributed by atoms with Crippen molar-refractivity contribution in [1.82, 2.24) is 24.6 Å². The number of esters is 1. The molecule has 0 atom stereocenters. The van der Waals surface area contributed by atoms with E-state index in [2.05, 4.69) is 15.1 Å². The van der Waals surface area contributed by atoms with Crippen molar-refractivity contribution in [3.8, 4) is 11.1 Å². The maximum atomic E-state index is 14.6. The van der Waals surface area contributed by atoms with E-state index in [9.17, 15) is 13.6 Å². The number of benzene rings is 1. The predicted molar refractivity (Wildman–Crippen MR) is 154 cm³/mol. The molecule has 2 aliphatic rings. The lowest BCUT2D eigenvalue weighted by molar-refractivity contribution is 0.0520. The molecule has 0 radical (unpaired) electrons. The third-order valence-corrected chi connectivity index (χ3v) is 7.11. The highest BCUT2D eigenvalue weighted by Crippen LogP contribution is 2.42. The van der Waals surface area contributed by atoms with Crippen LogP contribution in [0.15, 0.2) is 79.6 Å². The molecule has 0 spiro atoms. The fourth-order valence-electron chi connectivity index (χ4n) is 5.24. The topological polar surface area (TPSA) is 76.4 Å². The predicted octanol–water partition coefficient (Wildman–Crippen LogP) is 6.51. The second kappa shape index (κ2) is 11.0. The lowest BCUT2D eigenvalue weighted by Gasteiger charge is -2.32. The summed E-state index contributed by atoms with van der Waals surface area (Å²) in [6.45, 7) is 2.49. The molecule has 0 amide bonds. The Morgan fingerprint density at radius 1 is 1.20 bits per heavy atom. The van der Waals surface area contributed by atoms with Gasteiger partial charge in [-0.25, -0.2) is 23.2 Å². The average Bonchev–Trinajstić information content (AvgIpc) is 3.37. The van der Waals surface area contributed by atoms with Crippen LogP contribution in [0.25, 0.3) is 27.7 Å². The largest absolute Gasteiger partial charge is 0.461 e. The van der Waals surface area contributed by atoms with Gasteiger partial charge in [-0.2, -0.15) is 5.10 Å². The third kappa shape index (κ3) is 5.08. The number of allylic oxidation sites excluding steroid dienone is 4. The zero-order valence-corrected chi connectivity index (χ0v) is 22.7. The van der Waals surface area contributed by atoms with E-state index in [1.807, 2.05) is 59.6 Å². The molecule has 5 heterocycles. The molecule has 3 aromatic heterocycles. The molecule has 41 heavy (non-hydrogen) atoms. The Bertz CT molecular complexity index is 1730. The van der Waals surface area contributed by atoms with Gasteiger partial charge >= 0.3 is 5.97 Å². The van der Waals surface area contributed by atoms with E-state index in [0.29, 0.717) is 46.5 Å². The van der Waals surface area contributed by atoms with E-state index in [0.717, 1.165) is 17.7 Å². The summed E-state index contributed by atoms with van der Waals surface area (Å²) < 4.78 is 36.1. The van der Waals surface area contributed by atoms with E-state index in [-0.39, 0.29) is 17.9 Å². The summed E-state index contributed by atoms with van der Waals surface area (Å²) in [6, 6.07) is 8.65. The minimum Gasteiger partial charge on any atom is -0.461 e. The molecule has 2 aliphatic heterocycles. The fraction of sp³-hybridized carbons (Fsp3) is 0.226. The van der Waals surface area contributed by atoms with E-state index < -0.39 is 12.4 Å². The Labute approximate surface area is 235 Å². The second-order valence-corrected chi connectivity index (χ2v) is 9.84. The number of ether oxygens (including phenoxy) is 1. The van der Waals surface area contributed by atoms with Gasteiger partial charge in [-0.1, -0.05) is 12.1 Å². The van der Waals surface area contributed by atoms with E-state index >= 15 is 0 Å². The quantitative estimate of drug-likeness (QED) is 0.252. The van der Waals surface area contributed by atoms with Gasteiger partial charge in [0.05, 0.1) is 18.5 Å². The Kier molecular flexibility index (Phi) is 7.05. The number of aromatic nitrogens is 4. The summed E-state index contributed by atoms with van der Waals surface area (Å²) >= 11 is 0. The number of halogens is 2. The molecule has 0 fully saturated rings. The Hall–Kier alpha value is -4.86. The van der Waals surface area contributed by atoms with Gasteiger partial charge in [-0.15, -0.1) is 0 Å². The second-order valence-electron chi connectivity index (χ2n) is 9.84. The van der Waals surface area contributed by atoms with Crippen molar-refractivity contribution >= 4 is 34.1 Å². The summed E-state index contributed by atoms with van der Waals surface area (Å²) in [5.41, 5.74) is 4.02. The molecule has 0 bridgehead atoms. The molecule has 0 aliphatic carbocycles. The maximum absolute atomic E-state index is 14.6. The summed E-state index contributed by atoms with van der Waals surface area (Å²) in [5.74, 6) is -0.101. The Morgan fingerprint density at radius 2 is 2.07 bits per heavy atom. The molecule has 0 saturated heterocycles. The summed E-state index contributed by atoms with van der Waals surface area (Å²) in [5, 5.41) is 5.18. The Balaban J connectivity index is 1.45. The van der Waals surface area contributed by atoms with Crippen molar-refractivity contribution < 1.29 is 18.3 Å². The molecule has 208 valence electrons. The molecule has 0 saturated carbocycles. The van der Waals surface area contributed by atoms with Crippen molar-refractivity contribution in [3.05, 3.63) is 96.4 Å². The van der Waals surface area contributed by atoms with E-state index in [1.165, 1.54) is 0 Å². The highest BCUT2D eigenvalue weighted by molar-refractivity contribution is 5.98. The van der Waals surface area contributed by atoms with Crippen molar-refractivity contribution in [2.45, 2.75) is 26.2 Å². The smallest absolute Gasteiger partial charge is 0.357 e. The minimum atomic E-state index is -2.72. The number of fused-ring (bicyclic) bond motifs is 2. The van der Waals surface area contributed by atoms with Crippen LogP contribution in [0, 0.1) is 0 Å². The summed E-state index contributed by atoms with van der Waals surface area (Å²) in [7, 11) is 1.91. The highest BCUT2D eigenvalue weighted by atomic mass is 19.3. The van der Waals surface area contributed by atoms with Crippen molar-refractivity contribution in [2.24, 2.45) is 0 Å². The number of pyridine rings is 2. The van der Waals surface area contributed by atoms with Crippen LogP contribution in [0.3, 0.4) is 0 Å². The van der Waals surface area contributed by atoms with Crippen LogP contribution in [0.4, 0.5) is 20.3 Å². The molecule has 8 nitrogen and oxygen atoms in total. The SMILES string of the molecule is CCOC(=O)c1cc2cccnc2c(N2CCCc3cc(-c4cnn(C5=CN(C)C=CC=C5)c4)c(C(F)F)cc32)n1. The minimum absolute atomic E-state index is 0.0989. The van der Waals surface area contributed by atoms with Crippen LogP contribution < -0.4 is 4.90 Å². The van der Waals surface area contributed by atoms with Crippen LogP contribution in [0.2, 0.25) is 0 Å². The number of nitrogens with zero attached hydrogens (tertiary/aromatic N) is 6. The Morgan fingerprint density at radius 3 is 2.90 bits per heavy atom. The number of hydrogen-bond donors (Lipinski definition) is 0. The zero-order chi connectivity index (χ0) is 28.5. The van der Waals surface area contributed by atoms with Gasteiger partial charge in [0.15, 0.2) is 11.5 Å². The van der Waals surface area contributed by atoms with E-state index in [1.54, 1.807) is 48.4 Å². The monoisotopic (exact) mass is 554 g/mol. The number of anilines is 2. The molecule has 4 aromatic rings. The number of hydrogen-bond acceptors (Lipinski definition) is 7. The maximum Gasteiger partial charge on any atom is 0.357 e. The number of aryl methyl sites for hydroxylation is 1. The molecule has 1 aromatic carbocycles. The van der Waals surface area contributed by atoms with Crippen LogP contribution in [-0.2, 0) is 11.2 Å². The number of carbonyl (C=O) groups is 1. The van der Waals surface area contributed by atoms with E-state index in [4.69, 9.17) is 4.74 Å². The molecular weight excluding hydrogens is 526 g/mol. The molecule has 6 rings (SSSR count). The number of rotatable bonds is 6. The highest BCUT2D eigenvalue weighted by Gasteiger charge is 2.27. The standard InChI is InChI=1S/C31H28F2N6O2/c1-3-41-31(40)26-15-21-8-6-11-34-28(21)30(36-26)38-13-7-9-20-14-24(25(29(32)33)16-27(20)38)22-17-35-39(18-22)23-10-4-5-12-37(2)19-23/h4-6,8,10-12,14-19,29H,3,7,9,13H2,1-2H3. The molecule has 0 N–H and O–H groups in total. The normalized spacial score (nSPS) is 14.8. The van der Waals surface area contributed by atoms with Gasteiger partial charge in [0.2, 0.25) is 0 Å². The fourth-order valence-corrected chi connectivity index (χ4v) is 5.24. The van der Waals surface area contributed by atoms with Gasteiger partial charge in [0, 0.05) is 60.6 Å². The van der Waals surface area contributed by atoms with Crippen LogP contribution >= 0.6 is 0 Å². The summed E-state index contributed by atoms with van der Waals surface area (Å²) in [4.78, 5) is 25.6. The lowest BCUT2D eigenvalue weighted by atomic mass is 9.93. The van der Waals surface area contributed by atoms with Crippen LogP contribution in [0.5, 0.6) is 0 Å². The van der Waals surface area contributed by atoms with Gasteiger partial charge in [0.25, 0.3) is 6.43 Å².